The van der Waals surface area contributed by atoms with Gasteiger partial charge >= 0.3 is 0 Å². The Labute approximate surface area is 402 Å². The number of rotatable bonds is 38. The maximum absolute atomic E-state index is 13.2. The van der Waals surface area contributed by atoms with Crippen LogP contribution in [0.25, 0.3) is 0 Å². The average molecular weight is 950 g/mol. The predicted octanol–water partition coefficient (Wildman–Crippen LogP) is 6.82. The lowest BCUT2D eigenvalue weighted by Gasteiger charge is -2.46. The van der Waals surface area contributed by atoms with Crippen molar-refractivity contribution in [3.63, 3.8) is 0 Å². The highest BCUT2D eigenvalue weighted by atomic mass is 16.7. The lowest BCUT2D eigenvalue weighted by Crippen LogP contribution is -2.65. The molecule has 2 heterocycles. The Hall–Kier alpha value is -2.57. The fourth-order valence-electron chi connectivity index (χ4n) is 7.96. The van der Waals surface area contributed by atoms with E-state index in [-0.39, 0.29) is 18.9 Å². The van der Waals surface area contributed by atoms with E-state index in [1.165, 1.54) is 64.2 Å². The van der Waals surface area contributed by atoms with Crippen molar-refractivity contribution in [2.75, 3.05) is 19.8 Å². The molecule has 0 spiro atoms. The molecule has 12 atom stereocenters. The van der Waals surface area contributed by atoms with Crippen molar-refractivity contribution in [1.82, 2.24) is 5.32 Å². The topological polar surface area (TPSA) is 228 Å². The molecule has 67 heavy (non-hydrogen) atoms. The molecule has 0 aliphatic carbocycles. The van der Waals surface area contributed by atoms with Crippen LogP contribution in [0.1, 0.15) is 162 Å². The number of allylic oxidation sites excluding steroid dienone is 11. The molecule has 2 fully saturated rings. The Morgan fingerprint density at radius 3 is 1.58 bits per heavy atom. The molecule has 9 N–H and O–H groups in total. The first-order valence-corrected chi connectivity index (χ1v) is 25.7. The summed E-state index contributed by atoms with van der Waals surface area (Å²) < 4.78 is 22.7. The van der Waals surface area contributed by atoms with E-state index >= 15 is 0 Å². The number of unbranched alkanes of at least 4 members (excludes halogenated alkanes) is 15. The standard InChI is InChI=1S/C53H91NO13/c1-3-5-7-9-11-13-15-17-19-20-21-22-23-25-27-29-31-33-35-37-45(58)54-41(42(57)36-34-32-30-28-26-24-18-16-14-12-10-8-6-4-2)40-64-52-50(63)48(61)51(44(39-56)66-52)67-53-49(62)47(60)46(59)43(38-55)65-53/h5,7,11,13,17,19,21-22,25,27,34,36,41-44,46-53,55-57,59-63H,3-4,6,8-10,12,14-16,18,20,23-24,26,28-33,35,37-40H2,1-2H3,(H,54,58)/b7-5-,13-11-,19-17-,22-21-,27-25-,36-34+. The number of aliphatic hydroxyl groups excluding tert-OH is 8. The Kier molecular flexibility index (Phi) is 35.4. The summed E-state index contributed by atoms with van der Waals surface area (Å²) >= 11 is 0. The molecular formula is C53H91NO13. The van der Waals surface area contributed by atoms with E-state index in [1.807, 2.05) is 6.08 Å². The number of carbonyl (C=O) groups is 1. The van der Waals surface area contributed by atoms with E-state index in [4.69, 9.17) is 18.9 Å². The van der Waals surface area contributed by atoms with Crippen LogP contribution in [0.5, 0.6) is 0 Å². The van der Waals surface area contributed by atoms with Crippen LogP contribution in [0.4, 0.5) is 0 Å². The molecule has 0 bridgehead atoms. The van der Waals surface area contributed by atoms with Crippen molar-refractivity contribution in [1.29, 1.82) is 0 Å². The van der Waals surface area contributed by atoms with Gasteiger partial charge in [0.15, 0.2) is 12.6 Å². The SMILES string of the molecule is CC/C=C\C/C=C\C/C=C\C/C=C\C/C=C\CCCCCC(=O)NC(COC1OC(CO)C(OC2OC(CO)C(O)C(O)C2O)C(O)C1O)C(O)/C=C/CCCCCCCCCCCCCC. The lowest BCUT2D eigenvalue weighted by molar-refractivity contribution is -0.359. The predicted molar refractivity (Wildman–Crippen MR) is 263 cm³/mol. The first kappa shape index (κ1) is 60.6. The van der Waals surface area contributed by atoms with Crippen molar-refractivity contribution in [2.24, 2.45) is 0 Å². The number of hydrogen-bond donors (Lipinski definition) is 9. The minimum absolute atomic E-state index is 0.238. The molecule has 386 valence electrons. The van der Waals surface area contributed by atoms with Crippen molar-refractivity contribution in [3.05, 3.63) is 72.9 Å². The molecule has 2 saturated heterocycles. The Morgan fingerprint density at radius 2 is 1.03 bits per heavy atom. The van der Waals surface area contributed by atoms with Crippen molar-refractivity contribution >= 4 is 5.91 Å². The van der Waals surface area contributed by atoms with Gasteiger partial charge in [-0.05, 0) is 64.2 Å². The number of nitrogens with one attached hydrogen (secondary N) is 1. The minimum Gasteiger partial charge on any atom is -0.394 e. The largest absolute Gasteiger partial charge is 0.394 e. The third kappa shape index (κ3) is 26.3. The first-order valence-electron chi connectivity index (χ1n) is 25.7. The summed E-state index contributed by atoms with van der Waals surface area (Å²) in [6.45, 7) is 2.63. The molecule has 0 aromatic carbocycles. The number of hydrogen-bond acceptors (Lipinski definition) is 13. The highest BCUT2D eigenvalue weighted by molar-refractivity contribution is 5.76. The van der Waals surface area contributed by atoms with Gasteiger partial charge in [-0.2, -0.15) is 0 Å². The minimum atomic E-state index is -1.79. The van der Waals surface area contributed by atoms with E-state index in [1.54, 1.807) is 6.08 Å². The molecule has 14 heteroatoms. The summed E-state index contributed by atoms with van der Waals surface area (Å²) in [4.78, 5) is 13.2. The van der Waals surface area contributed by atoms with Gasteiger partial charge in [0.05, 0.1) is 32.0 Å². The Balaban J connectivity index is 1.87. The van der Waals surface area contributed by atoms with Gasteiger partial charge in [0.25, 0.3) is 0 Å². The smallest absolute Gasteiger partial charge is 0.220 e. The summed E-state index contributed by atoms with van der Waals surface area (Å²) in [6.07, 6.45) is 32.2. The molecule has 2 aliphatic heterocycles. The van der Waals surface area contributed by atoms with Crippen molar-refractivity contribution in [2.45, 2.75) is 235 Å². The van der Waals surface area contributed by atoms with Crippen molar-refractivity contribution in [3.8, 4) is 0 Å². The summed E-state index contributed by atoms with van der Waals surface area (Å²) in [5.74, 6) is -0.275. The van der Waals surface area contributed by atoms with E-state index in [0.717, 1.165) is 70.6 Å². The van der Waals surface area contributed by atoms with Crippen LogP contribution < -0.4 is 5.32 Å². The molecule has 0 radical (unpaired) electrons. The van der Waals surface area contributed by atoms with Gasteiger partial charge in [-0.3, -0.25) is 4.79 Å². The zero-order valence-corrected chi connectivity index (χ0v) is 40.9. The number of carbonyl (C=O) groups excluding carboxylic acids is 1. The van der Waals surface area contributed by atoms with Crippen LogP contribution >= 0.6 is 0 Å². The summed E-state index contributed by atoms with van der Waals surface area (Å²) in [6, 6.07) is -0.935. The quantitative estimate of drug-likeness (QED) is 0.0229. The molecule has 0 aromatic rings. The van der Waals surface area contributed by atoms with Gasteiger partial charge in [0.1, 0.15) is 48.8 Å². The van der Waals surface area contributed by atoms with Gasteiger partial charge in [0.2, 0.25) is 5.91 Å². The van der Waals surface area contributed by atoms with Crippen LogP contribution in [-0.4, -0.2) is 140 Å². The Bertz CT molecular complexity index is 1400. The second-order valence-electron chi connectivity index (χ2n) is 17.9. The molecule has 0 aromatic heterocycles. The molecule has 2 rings (SSSR count). The third-order valence-electron chi connectivity index (χ3n) is 12.1. The summed E-state index contributed by atoms with van der Waals surface area (Å²) in [5.41, 5.74) is 0. The molecule has 0 saturated carbocycles. The van der Waals surface area contributed by atoms with Gasteiger partial charge in [0, 0.05) is 6.42 Å². The van der Waals surface area contributed by atoms with E-state index < -0.39 is 86.8 Å². The second kappa shape index (κ2) is 39.2. The van der Waals surface area contributed by atoms with Crippen LogP contribution in [0.15, 0.2) is 72.9 Å². The maximum Gasteiger partial charge on any atom is 0.220 e. The molecular weight excluding hydrogens is 859 g/mol. The fourth-order valence-corrected chi connectivity index (χ4v) is 7.96. The van der Waals surface area contributed by atoms with E-state index in [0.29, 0.717) is 6.42 Å². The number of amides is 1. The van der Waals surface area contributed by atoms with E-state index in [9.17, 15) is 45.6 Å². The maximum atomic E-state index is 13.2. The normalized spacial score (nSPS) is 27.2. The third-order valence-corrected chi connectivity index (χ3v) is 12.1. The molecule has 2 aliphatic rings. The Morgan fingerprint density at radius 1 is 0.552 bits per heavy atom. The second-order valence-corrected chi connectivity index (χ2v) is 17.9. The van der Waals surface area contributed by atoms with Crippen LogP contribution in [0, 0.1) is 0 Å². The highest BCUT2D eigenvalue weighted by Gasteiger charge is 2.51. The first-order chi connectivity index (χ1) is 32.6. The van der Waals surface area contributed by atoms with Crippen LogP contribution in [0.3, 0.4) is 0 Å². The van der Waals surface area contributed by atoms with E-state index in [2.05, 4.69) is 79.9 Å². The number of aliphatic hydroxyl groups is 8. The number of ether oxygens (including phenoxy) is 4. The average Bonchev–Trinajstić information content (AvgIpc) is 3.32. The van der Waals surface area contributed by atoms with Gasteiger partial charge in [-0.25, -0.2) is 0 Å². The van der Waals surface area contributed by atoms with Gasteiger partial charge < -0.3 is 65.1 Å². The van der Waals surface area contributed by atoms with Gasteiger partial charge in [-0.15, -0.1) is 0 Å². The lowest BCUT2D eigenvalue weighted by atomic mass is 9.97. The zero-order valence-electron chi connectivity index (χ0n) is 40.9. The fraction of sp³-hybridized carbons (Fsp3) is 0.755. The molecule has 12 unspecified atom stereocenters. The van der Waals surface area contributed by atoms with Gasteiger partial charge in [-0.1, -0.05) is 164 Å². The van der Waals surface area contributed by atoms with Crippen LogP contribution in [-0.2, 0) is 23.7 Å². The zero-order chi connectivity index (χ0) is 48.9. The summed E-state index contributed by atoms with van der Waals surface area (Å²) in [5, 5.41) is 86.7. The van der Waals surface area contributed by atoms with Crippen molar-refractivity contribution < 1.29 is 64.6 Å². The molecule has 14 nitrogen and oxygen atoms in total. The highest BCUT2D eigenvalue weighted by Crippen LogP contribution is 2.30. The summed E-state index contributed by atoms with van der Waals surface area (Å²) in [7, 11) is 0. The monoisotopic (exact) mass is 950 g/mol. The molecule has 1 amide bonds. The van der Waals surface area contributed by atoms with Crippen LogP contribution in [0.2, 0.25) is 0 Å².